The molecule has 0 radical (unpaired) electrons. The Morgan fingerprint density at radius 2 is 2.05 bits per heavy atom. The van der Waals surface area contributed by atoms with E-state index in [0.29, 0.717) is 5.75 Å². The number of para-hydroxylation sites is 1. The summed E-state index contributed by atoms with van der Waals surface area (Å²) in [6.45, 7) is 2.84. The quantitative estimate of drug-likeness (QED) is 0.869. The van der Waals surface area contributed by atoms with Crippen molar-refractivity contribution in [3.8, 4) is 0 Å². The zero-order chi connectivity index (χ0) is 15.7. The van der Waals surface area contributed by atoms with Crippen LogP contribution >= 0.6 is 0 Å². The SMILES string of the molecule is Cn1c(CN2CCCC(CS(C)(=O)=O)C2)cc2ccccc21. The Labute approximate surface area is 132 Å². The van der Waals surface area contributed by atoms with Gasteiger partial charge in [0.2, 0.25) is 0 Å². The van der Waals surface area contributed by atoms with Crippen molar-refractivity contribution in [1.82, 2.24) is 9.47 Å². The number of aromatic nitrogens is 1. The molecule has 0 amide bonds. The van der Waals surface area contributed by atoms with Gasteiger partial charge in [0.15, 0.2) is 0 Å². The van der Waals surface area contributed by atoms with Crippen molar-refractivity contribution in [1.29, 1.82) is 0 Å². The number of aryl methyl sites for hydroxylation is 1. The Balaban J connectivity index is 1.73. The van der Waals surface area contributed by atoms with E-state index in [1.165, 1.54) is 22.9 Å². The molecule has 0 N–H and O–H groups in total. The number of sulfone groups is 1. The molecule has 4 nitrogen and oxygen atoms in total. The van der Waals surface area contributed by atoms with Gasteiger partial charge in [-0.05, 0) is 42.8 Å². The van der Waals surface area contributed by atoms with Crippen molar-refractivity contribution in [2.45, 2.75) is 19.4 Å². The fourth-order valence-corrected chi connectivity index (χ4v) is 4.71. The molecule has 1 aliphatic rings. The van der Waals surface area contributed by atoms with Crippen LogP contribution in [0.5, 0.6) is 0 Å². The molecular weight excluding hydrogens is 296 g/mol. The largest absolute Gasteiger partial charge is 0.346 e. The summed E-state index contributed by atoms with van der Waals surface area (Å²) < 4.78 is 25.3. The number of hydrogen-bond donors (Lipinski definition) is 0. The number of likely N-dealkylation sites (tertiary alicyclic amines) is 1. The number of piperidine rings is 1. The van der Waals surface area contributed by atoms with Gasteiger partial charge in [0.1, 0.15) is 9.84 Å². The van der Waals surface area contributed by atoms with E-state index in [0.717, 1.165) is 32.5 Å². The molecule has 22 heavy (non-hydrogen) atoms. The second-order valence-corrected chi connectivity index (χ2v) is 8.77. The highest BCUT2D eigenvalue weighted by Crippen LogP contribution is 2.23. The fraction of sp³-hybridized carbons (Fsp3) is 0.529. The molecule has 1 aliphatic heterocycles. The molecule has 0 saturated carbocycles. The fourth-order valence-electron chi connectivity index (χ4n) is 3.59. The Kier molecular flexibility index (Phi) is 4.28. The summed E-state index contributed by atoms with van der Waals surface area (Å²) in [4.78, 5) is 2.40. The molecule has 3 rings (SSSR count). The first kappa shape index (κ1) is 15.6. The molecule has 0 spiro atoms. The molecule has 5 heteroatoms. The van der Waals surface area contributed by atoms with E-state index in [9.17, 15) is 8.42 Å². The first-order valence-electron chi connectivity index (χ1n) is 7.86. The number of benzene rings is 1. The van der Waals surface area contributed by atoms with Crippen molar-refractivity contribution in [3.05, 3.63) is 36.0 Å². The summed E-state index contributed by atoms with van der Waals surface area (Å²) in [7, 11) is -0.774. The normalized spacial score (nSPS) is 20.5. The van der Waals surface area contributed by atoms with Gasteiger partial charge in [0, 0.05) is 37.6 Å². The number of hydrogen-bond acceptors (Lipinski definition) is 3. The lowest BCUT2D eigenvalue weighted by molar-refractivity contribution is 0.175. The van der Waals surface area contributed by atoms with Gasteiger partial charge in [0.05, 0.1) is 5.75 Å². The summed E-state index contributed by atoms with van der Waals surface area (Å²) >= 11 is 0. The number of nitrogens with zero attached hydrogens (tertiary/aromatic N) is 2. The van der Waals surface area contributed by atoms with Gasteiger partial charge in [-0.3, -0.25) is 4.90 Å². The zero-order valence-corrected chi connectivity index (χ0v) is 14.1. The molecule has 120 valence electrons. The minimum atomic E-state index is -2.88. The van der Waals surface area contributed by atoms with Crippen LogP contribution in [-0.4, -0.2) is 43.0 Å². The predicted octanol–water partition coefficient (Wildman–Crippen LogP) is 2.43. The van der Waals surface area contributed by atoms with E-state index in [2.05, 4.69) is 46.8 Å². The van der Waals surface area contributed by atoms with E-state index in [1.54, 1.807) is 0 Å². The van der Waals surface area contributed by atoms with Crippen LogP contribution in [0.15, 0.2) is 30.3 Å². The Hall–Kier alpha value is -1.33. The summed E-state index contributed by atoms with van der Waals surface area (Å²) in [5.41, 5.74) is 2.54. The lowest BCUT2D eigenvalue weighted by Crippen LogP contribution is -2.37. The molecule has 1 aromatic carbocycles. The highest BCUT2D eigenvalue weighted by molar-refractivity contribution is 7.90. The summed E-state index contributed by atoms with van der Waals surface area (Å²) in [6, 6.07) is 10.7. The van der Waals surface area contributed by atoms with Gasteiger partial charge >= 0.3 is 0 Å². The Morgan fingerprint density at radius 1 is 1.27 bits per heavy atom. The maximum atomic E-state index is 11.5. The van der Waals surface area contributed by atoms with Crippen molar-refractivity contribution in [2.24, 2.45) is 13.0 Å². The molecule has 1 unspecified atom stereocenters. The van der Waals surface area contributed by atoms with Gasteiger partial charge in [-0.15, -0.1) is 0 Å². The Bertz CT molecular complexity index is 764. The lowest BCUT2D eigenvalue weighted by Gasteiger charge is -2.32. The van der Waals surface area contributed by atoms with Crippen LogP contribution < -0.4 is 0 Å². The molecule has 2 heterocycles. The van der Waals surface area contributed by atoms with Crippen LogP contribution in [-0.2, 0) is 23.4 Å². The smallest absolute Gasteiger partial charge is 0.147 e. The summed E-state index contributed by atoms with van der Waals surface area (Å²) in [6.07, 6.45) is 3.46. The molecule has 0 bridgehead atoms. The van der Waals surface area contributed by atoms with E-state index in [-0.39, 0.29) is 5.92 Å². The first-order chi connectivity index (χ1) is 10.4. The van der Waals surface area contributed by atoms with Gasteiger partial charge in [-0.2, -0.15) is 0 Å². The highest BCUT2D eigenvalue weighted by Gasteiger charge is 2.23. The van der Waals surface area contributed by atoms with Gasteiger partial charge in [-0.1, -0.05) is 18.2 Å². The van der Waals surface area contributed by atoms with E-state index in [4.69, 9.17) is 0 Å². The maximum absolute atomic E-state index is 11.5. The number of rotatable bonds is 4. The van der Waals surface area contributed by atoms with Crippen LogP contribution in [0.3, 0.4) is 0 Å². The third-order valence-corrected chi connectivity index (χ3v) is 5.66. The summed E-state index contributed by atoms with van der Waals surface area (Å²) in [5.74, 6) is 0.594. The molecular formula is C17H24N2O2S. The van der Waals surface area contributed by atoms with Crippen molar-refractivity contribution in [2.75, 3.05) is 25.1 Å². The third-order valence-electron chi connectivity index (χ3n) is 4.58. The molecule has 0 aliphatic carbocycles. The lowest BCUT2D eigenvalue weighted by atomic mass is 10.00. The number of fused-ring (bicyclic) bond motifs is 1. The molecule has 1 fully saturated rings. The average Bonchev–Trinajstić information content (AvgIpc) is 2.75. The molecule has 1 saturated heterocycles. The highest BCUT2D eigenvalue weighted by atomic mass is 32.2. The topological polar surface area (TPSA) is 42.3 Å². The van der Waals surface area contributed by atoms with Crippen molar-refractivity contribution >= 4 is 20.7 Å². The monoisotopic (exact) mass is 320 g/mol. The minimum absolute atomic E-state index is 0.276. The van der Waals surface area contributed by atoms with E-state index >= 15 is 0 Å². The van der Waals surface area contributed by atoms with E-state index < -0.39 is 9.84 Å². The van der Waals surface area contributed by atoms with Crippen LogP contribution in [0.4, 0.5) is 0 Å². The predicted molar refractivity (Wildman–Crippen MR) is 90.6 cm³/mol. The van der Waals surface area contributed by atoms with Crippen LogP contribution in [0.25, 0.3) is 10.9 Å². The van der Waals surface area contributed by atoms with Crippen LogP contribution in [0.1, 0.15) is 18.5 Å². The first-order valence-corrected chi connectivity index (χ1v) is 9.92. The summed E-state index contributed by atoms with van der Waals surface area (Å²) in [5, 5.41) is 1.27. The second kappa shape index (κ2) is 6.05. The average molecular weight is 320 g/mol. The molecule has 1 atom stereocenters. The zero-order valence-electron chi connectivity index (χ0n) is 13.3. The van der Waals surface area contributed by atoms with Crippen molar-refractivity contribution in [3.63, 3.8) is 0 Å². The van der Waals surface area contributed by atoms with Gasteiger partial charge < -0.3 is 4.57 Å². The van der Waals surface area contributed by atoms with Crippen LogP contribution in [0, 0.1) is 5.92 Å². The third kappa shape index (κ3) is 3.52. The van der Waals surface area contributed by atoms with Crippen molar-refractivity contribution < 1.29 is 8.42 Å². The van der Waals surface area contributed by atoms with Crippen LogP contribution in [0.2, 0.25) is 0 Å². The van der Waals surface area contributed by atoms with Gasteiger partial charge in [-0.25, -0.2) is 8.42 Å². The Morgan fingerprint density at radius 3 is 2.77 bits per heavy atom. The van der Waals surface area contributed by atoms with Gasteiger partial charge in [0.25, 0.3) is 0 Å². The molecule has 2 aromatic rings. The van der Waals surface area contributed by atoms with E-state index in [1.807, 2.05) is 0 Å². The molecule has 1 aromatic heterocycles. The second-order valence-electron chi connectivity index (χ2n) is 6.59. The maximum Gasteiger partial charge on any atom is 0.147 e. The standard InChI is InChI=1S/C17H24N2O2S/c1-18-16(10-15-7-3-4-8-17(15)18)12-19-9-5-6-14(11-19)13-22(2,20)21/h3-4,7-8,10,14H,5-6,9,11-13H2,1-2H3. The minimum Gasteiger partial charge on any atom is -0.346 e.